The summed E-state index contributed by atoms with van der Waals surface area (Å²) in [5, 5.41) is 1.79. The average molecular weight is 293 g/mol. The third-order valence-corrected chi connectivity index (χ3v) is 4.87. The van der Waals surface area contributed by atoms with Gasteiger partial charge in [0.2, 0.25) is 0 Å². The third kappa shape index (κ3) is 3.72. The zero-order chi connectivity index (χ0) is 13.7. The maximum atomic E-state index is 6.36. The van der Waals surface area contributed by atoms with Crippen molar-refractivity contribution in [3.05, 3.63) is 59.2 Å². The van der Waals surface area contributed by atoms with E-state index >= 15 is 0 Å². The van der Waals surface area contributed by atoms with Gasteiger partial charge in [0.05, 0.1) is 5.02 Å². The number of halogens is 1. The van der Waals surface area contributed by atoms with E-state index in [0.29, 0.717) is 5.02 Å². The van der Waals surface area contributed by atoms with Crippen LogP contribution in [0.4, 0.5) is 0 Å². The predicted octanol–water partition coefficient (Wildman–Crippen LogP) is 4.31. The highest BCUT2D eigenvalue weighted by Gasteiger charge is 2.20. The summed E-state index contributed by atoms with van der Waals surface area (Å²) in [4.78, 5) is 4.32. The van der Waals surface area contributed by atoms with Crippen LogP contribution in [0.1, 0.15) is 24.9 Å². The van der Waals surface area contributed by atoms with Gasteiger partial charge in [-0.25, -0.2) is 4.98 Å². The maximum absolute atomic E-state index is 6.36. The summed E-state index contributed by atoms with van der Waals surface area (Å²) >= 11 is 7.80. The van der Waals surface area contributed by atoms with Gasteiger partial charge in [0.15, 0.2) is 0 Å². The normalized spacial score (nSPS) is 14.1. The standard InChI is InChI=1S/C15H17ClN2S/c1-2-13(14(17)11-7-4-3-5-8-11)19-15-12(16)9-6-10-18-15/h3-10,13-14H,2,17H2,1H3. The van der Waals surface area contributed by atoms with E-state index in [-0.39, 0.29) is 11.3 Å². The van der Waals surface area contributed by atoms with Crippen LogP contribution in [0.5, 0.6) is 0 Å². The molecule has 0 amide bonds. The van der Waals surface area contributed by atoms with Crippen LogP contribution in [0.15, 0.2) is 53.7 Å². The lowest BCUT2D eigenvalue weighted by Gasteiger charge is -2.22. The van der Waals surface area contributed by atoms with Gasteiger partial charge >= 0.3 is 0 Å². The molecule has 0 spiro atoms. The van der Waals surface area contributed by atoms with Crippen molar-refractivity contribution in [1.29, 1.82) is 0 Å². The molecule has 0 aliphatic heterocycles. The smallest absolute Gasteiger partial charge is 0.115 e. The molecular weight excluding hydrogens is 276 g/mol. The van der Waals surface area contributed by atoms with Gasteiger partial charge in [-0.2, -0.15) is 0 Å². The summed E-state index contributed by atoms with van der Waals surface area (Å²) in [6.07, 6.45) is 2.72. The van der Waals surface area contributed by atoms with E-state index in [2.05, 4.69) is 24.0 Å². The number of nitrogens with zero attached hydrogens (tertiary/aromatic N) is 1. The number of thioether (sulfide) groups is 1. The maximum Gasteiger partial charge on any atom is 0.115 e. The summed E-state index contributed by atoms with van der Waals surface area (Å²) in [5.74, 6) is 0. The Morgan fingerprint density at radius 2 is 1.95 bits per heavy atom. The fraction of sp³-hybridized carbons (Fsp3) is 0.267. The van der Waals surface area contributed by atoms with E-state index < -0.39 is 0 Å². The largest absolute Gasteiger partial charge is 0.323 e. The van der Waals surface area contributed by atoms with Gasteiger partial charge < -0.3 is 5.73 Å². The van der Waals surface area contributed by atoms with Crippen LogP contribution in [-0.2, 0) is 0 Å². The molecule has 2 N–H and O–H groups in total. The van der Waals surface area contributed by atoms with Crippen LogP contribution in [0, 0.1) is 0 Å². The van der Waals surface area contributed by atoms with Crippen LogP contribution < -0.4 is 5.73 Å². The Morgan fingerprint density at radius 3 is 2.58 bits per heavy atom. The Balaban J connectivity index is 2.15. The molecule has 2 rings (SSSR count). The van der Waals surface area contributed by atoms with Gasteiger partial charge in [0.1, 0.15) is 5.03 Å². The van der Waals surface area contributed by atoms with Crippen molar-refractivity contribution in [3.8, 4) is 0 Å². The summed E-state index contributed by atoms with van der Waals surface area (Å²) in [7, 11) is 0. The minimum absolute atomic E-state index is 0.0192. The molecule has 1 aromatic carbocycles. The zero-order valence-electron chi connectivity index (χ0n) is 10.8. The molecule has 19 heavy (non-hydrogen) atoms. The van der Waals surface area contributed by atoms with E-state index in [0.717, 1.165) is 17.0 Å². The third-order valence-electron chi connectivity index (χ3n) is 2.98. The first-order chi connectivity index (χ1) is 9.22. The molecule has 0 aliphatic rings. The van der Waals surface area contributed by atoms with Crippen LogP contribution in [0.3, 0.4) is 0 Å². The average Bonchev–Trinajstić information content (AvgIpc) is 2.47. The summed E-state index contributed by atoms with van der Waals surface area (Å²) in [6, 6.07) is 13.8. The highest BCUT2D eigenvalue weighted by molar-refractivity contribution is 8.00. The number of benzene rings is 1. The zero-order valence-corrected chi connectivity index (χ0v) is 12.4. The van der Waals surface area contributed by atoms with Gasteiger partial charge in [-0.1, -0.05) is 60.6 Å². The molecule has 0 fully saturated rings. The molecule has 0 radical (unpaired) electrons. The SMILES string of the molecule is CCC(Sc1ncccc1Cl)C(N)c1ccccc1. The van der Waals surface area contributed by atoms with Crippen LogP contribution in [0.25, 0.3) is 0 Å². The number of rotatable bonds is 5. The molecule has 2 unspecified atom stereocenters. The lowest BCUT2D eigenvalue weighted by molar-refractivity contribution is 0.655. The Morgan fingerprint density at radius 1 is 1.21 bits per heavy atom. The molecule has 0 saturated heterocycles. The summed E-state index contributed by atoms with van der Waals surface area (Å²) in [5.41, 5.74) is 7.50. The molecule has 100 valence electrons. The quantitative estimate of drug-likeness (QED) is 0.835. The van der Waals surface area contributed by atoms with Gasteiger partial charge in [0, 0.05) is 17.5 Å². The van der Waals surface area contributed by atoms with Crippen molar-refractivity contribution in [2.45, 2.75) is 29.7 Å². The second kappa shape index (κ2) is 6.94. The van der Waals surface area contributed by atoms with E-state index in [9.17, 15) is 0 Å². The van der Waals surface area contributed by atoms with Crippen molar-refractivity contribution in [3.63, 3.8) is 0 Å². The lowest BCUT2D eigenvalue weighted by atomic mass is 10.0. The highest BCUT2D eigenvalue weighted by atomic mass is 35.5. The monoisotopic (exact) mass is 292 g/mol. The fourth-order valence-corrected chi connectivity index (χ4v) is 3.22. The van der Waals surface area contributed by atoms with Crippen LogP contribution in [-0.4, -0.2) is 10.2 Å². The Hall–Kier alpha value is -1.03. The molecule has 1 aromatic heterocycles. The van der Waals surface area contributed by atoms with Crippen molar-refractivity contribution in [1.82, 2.24) is 4.98 Å². The van der Waals surface area contributed by atoms with Crippen LogP contribution >= 0.6 is 23.4 Å². The van der Waals surface area contributed by atoms with Crippen molar-refractivity contribution < 1.29 is 0 Å². The molecule has 0 saturated carbocycles. The Bertz CT molecular complexity index is 519. The first-order valence-corrected chi connectivity index (χ1v) is 7.55. The van der Waals surface area contributed by atoms with E-state index in [1.54, 1.807) is 18.0 Å². The van der Waals surface area contributed by atoms with Gasteiger partial charge in [-0.05, 0) is 24.1 Å². The topological polar surface area (TPSA) is 38.9 Å². The minimum Gasteiger partial charge on any atom is -0.323 e. The number of hydrogen-bond acceptors (Lipinski definition) is 3. The van der Waals surface area contributed by atoms with Gasteiger partial charge in [-0.3, -0.25) is 0 Å². The van der Waals surface area contributed by atoms with Crippen molar-refractivity contribution in [2.24, 2.45) is 5.73 Å². The molecule has 4 heteroatoms. The lowest BCUT2D eigenvalue weighted by Crippen LogP contribution is -2.23. The molecular formula is C15H17ClN2S. The first-order valence-electron chi connectivity index (χ1n) is 6.30. The predicted molar refractivity (Wildman–Crippen MR) is 82.6 cm³/mol. The molecule has 2 nitrogen and oxygen atoms in total. The molecule has 2 aromatic rings. The second-order valence-electron chi connectivity index (χ2n) is 4.29. The fourth-order valence-electron chi connectivity index (χ4n) is 1.90. The summed E-state index contributed by atoms with van der Waals surface area (Å²) in [6.45, 7) is 2.14. The van der Waals surface area contributed by atoms with E-state index in [1.807, 2.05) is 30.3 Å². The molecule has 0 aliphatic carbocycles. The number of hydrogen-bond donors (Lipinski definition) is 1. The molecule has 1 heterocycles. The van der Waals surface area contributed by atoms with Crippen molar-refractivity contribution in [2.75, 3.05) is 0 Å². The molecule has 2 atom stereocenters. The van der Waals surface area contributed by atoms with E-state index in [4.69, 9.17) is 17.3 Å². The number of aromatic nitrogens is 1. The second-order valence-corrected chi connectivity index (χ2v) is 5.93. The van der Waals surface area contributed by atoms with E-state index in [1.165, 1.54) is 0 Å². The first kappa shape index (κ1) is 14.4. The minimum atomic E-state index is -0.0192. The van der Waals surface area contributed by atoms with Crippen LogP contribution in [0.2, 0.25) is 5.02 Å². The Kier molecular flexibility index (Phi) is 5.25. The molecule has 0 bridgehead atoms. The summed E-state index contributed by atoms with van der Waals surface area (Å²) < 4.78 is 0. The number of nitrogens with two attached hydrogens (primary N) is 1. The van der Waals surface area contributed by atoms with Gasteiger partial charge in [0.25, 0.3) is 0 Å². The van der Waals surface area contributed by atoms with Gasteiger partial charge in [-0.15, -0.1) is 0 Å². The van der Waals surface area contributed by atoms with Crippen molar-refractivity contribution >= 4 is 23.4 Å². The Labute approximate surface area is 123 Å². The highest BCUT2D eigenvalue weighted by Crippen LogP contribution is 2.35. The number of pyridine rings is 1.